The Bertz CT molecular complexity index is 1120. The van der Waals surface area contributed by atoms with E-state index in [0.717, 1.165) is 0 Å². The third kappa shape index (κ3) is 12.0. The van der Waals surface area contributed by atoms with E-state index in [1.165, 1.54) is 13.8 Å². The molecule has 0 bridgehead atoms. The second-order valence-corrected chi connectivity index (χ2v) is 22.4. The van der Waals surface area contributed by atoms with Gasteiger partial charge in [-0.1, -0.05) is 0 Å². The molecule has 47 heavy (non-hydrogen) atoms. The van der Waals surface area contributed by atoms with E-state index in [2.05, 4.69) is 0 Å². The van der Waals surface area contributed by atoms with Gasteiger partial charge in [0, 0.05) is 18.8 Å². The third-order valence-corrected chi connectivity index (χ3v) is 14.0. The van der Waals surface area contributed by atoms with Crippen LogP contribution in [0, 0.1) is 5.92 Å². The number of hydrogen-bond acceptors (Lipinski definition) is 11. The van der Waals surface area contributed by atoms with E-state index in [0.29, 0.717) is 25.9 Å². The fourth-order valence-corrected chi connectivity index (χ4v) is 8.21. The van der Waals surface area contributed by atoms with Crippen molar-refractivity contribution < 1.29 is 56.6 Å². The molecule has 0 spiro atoms. The maximum Gasteiger partial charge on any atom is 0.359 e. The van der Waals surface area contributed by atoms with Gasteiger partial charge in [0.1, 0.15) is 17.6 Å². The third-order valence-electron chi connectivity index (χ3n) is 8.45. The normalized spacial score (nSPS) is 35.3. The van der Waals surface area contributed by atoms with Crippen LogP contribution in [-0.4, -0.2) is 101 Å². The van der Waals surface area contributed by atoms with E-state index >= 15 is 0 Å². The molecule has 0 aromatic heterocycles. The lowest BCUT2D eigenvalue weighted by molar-refractivity contribution is -0.193. The van der Waals surface area contributed by atoms with Crippen molar-refractivity contribution in [3.05, 3.63) is 0 Å². The number of rotatable bonds is 15. The molecule has 3 fully saturated rings. The van der Waals surface area contributed by atoms with E-state index in [1.807, 2.05) is 62.3 Å². The van der Waals surface area contributed by atoms with Gasteiger partial charge in [-0.3, -0.25) is 4.57 Å². The fourth-order valence-electron chi connectivity index (χ4n) is 5.74. The summed E-state index contributed by atoms with van der Waals surface area (Å²) in [6.07, 6.45) is -0.923. The quantitative estimate of drug-likeness (QED) is 0.178. The summed E-state index contributed by atoms with van der Waals surface area (Å²) < 4.78 is 67.9. The van der Waals surface area contributed by atoms with Crippen molar-refractivity contribution in [2.45, 2.75) is 180 Å². The molecule has 0 aromatic carbocycles. The van der Waals surface area contributed by atoms with Gasteiger partial charge in [0.2, 0.25) is 6.49 Å². The van der Waals surface area contributed by atoms with Crippen molar-refractivity contribution in [3.8, 4) is 0 Å². The molecule has 3 aliphatic rings. The van der Waals surface area contributed by atoms with E-state index in [-0.39, 0.29) is 55.3 Å². The van der Waals surface area contributed by atoms with Crippen molar-refractivity contribution in [1.29, 1.82) is 0 Å². The molecule has 0 aliphatic carbocycles. The standard InChI is InChI=1S/C32H62O12P2S/c1-20-14-23(17-37-31(10,11)46(35,47)44-25-16-22(3)39-26(25)18-36-29(4,5)6)28(41-20)43-32(12,13)45(33,34)38-19-27-24(15-21(2)40-27)42-30(7,8)9/h20-28H,14-19H2,1-13H3,(H,33,34)(H,35,47)/t20-,21-,22-,23?,24?,25?,26+,27+,28+,46?/m0/s1. The molecule has 0 aromatic rings. The van der Waals surface area contributed by atoms with Gasteiger partial charge in [0.25, 0.3) is 0 Å². The summed E-state index contributed by atoms with van der Waals surface area (Å²) in [7, 11) is -4.34. The summed E-state index contributed by atoms with van der Waals surface area (Å²) in [6, 6.07) is 0. The molecule has 2 N–H and O–H groups in total. The lowest BCUT2D eigenvalue weighted by Crippen LogP contribution is -2.39. The first kappa shape index (κ1) is 41.9. The largest absolute Gasteiger partial charge is 0.373 e. The zero-order chi connectivity index (χ0) is 35.8. The van der Waals surface area contributed by atoms with Crippen molar-refractivity contribution in [2.75, 3.05) is 19.8 Å². The zero-order valence-corrected chi connectivity index (χ0v) is 33.3. The van der Waals surface area contributed by atoms with Crippen LogP contribution in [0.1, 0.15) is 109 Å². The predicted octanol–water partition coefficient (Wildman–Crippen LogP) is 6.49. The Balaban J connectivity index is 1.61. The first-order chi connectivity index (χ1) is 21.2. The molecule has 3 rings (SSSR count). The Hall–Kier alpha value is 0.440. The molecule has 3 saturated heterocycles. The van der Waals surface area contributed by atoms with Crippen LogP contribution in [0.5, 0.6) is 0 Å². The van der Waals surface area contributed by atoms with Gasteiger partial charge in [-0.15, -0.1) is 0 Å². The van der Waals surface area contributed by atoms with Gasteiger partial charge in [-0.25, -0.2) is 0 Å². The van der Waals surface area contributed by atoms with Crippen LogP contribution in [0.4, 0.5) is 0 Å². The molecule has 3 aliphatic heterocycles. The van der Waals surface area contributed by atoms with Gasteiger partial charge >= 0.3 is 7.60 Å². The second-order valence-electron chi connectivity index (χ2n) is 16.2. The van der Waals surface area contributed by atoms with Gasteiger partial charge in [-0.2, -0.15) is 0 Å². The van der Waals surface area contributed by atoms with E-state index < -0.39 is 48.9 Å². The molecule has 12 nitrogen and oxygen atoms in total. The summed E-state index contributed by atoms with van der Waals surface area (Å²) in [4.78, 5) is 22.6. The Morgan fingerprint density at radius 1 is 0.681 bits per heavy atom. The lowest BCUT2D eigenvalue weighted by Gasteiger charge is -2.37. The number of ether oxygens (including phenoxy) is 7. The molecule has 5 unspecified atom stereocenters. The minimum absolute atomic E-state index is 0.0590. The minimum Gasteiger partial charge on any atom is -0.373 e. The Kier molecular flexibility index (Phi) is 13.9. The smallest absolute Gasteiger partial charge is 0.359 e. The second kappa shape index (κ2) is 15.6. The summed E-state index contributed by atoms with van der Waals surface area (Å²) >= 11 is 5.67. The molecular weight excluding hydrogens is 670 g/mol. The first-order valence-electron chi connectivity index (χ1n) is 16.8. The maximum atomic E-state index is 13.6. The molecule has 3 heterocycles. The van der Waals surface area contributed by atoms with Crippen LogP contribution >= 0.6 is 14.1 Å². The topological polar surface area (TPSA) is 141 Å². The Labute approximate surface area is 287 Å². The lowest BCUT2D eigenvalue weighted by atomic mass is 10.1. The predicted molar refractivity (Wildman–Crippen MR) is 183 cm³/mol. The molecule has 15 heteroatoms. The van der Waals surface area contributed by atoms with Gasteiger partial charge < -0.3 is 52.0 Å². The van der Waals surface area contributed by atoms with Gasteiger partial charge in [-0.05, 0) is 108 Å². The SMILES string of the molecule is C[C@H]1CC(COC(C)(C)P(O)(=S)OC2C[C@H](C)O[C@@H]2COC(C)(C)C)[C@@H](OC(C)(C)P(=O)(O)OC[C@H]2O[C@@H](C)CC2OC(C)(C)C)O1. The molecule has 0 saturated carbocycles. The molecule has 278 valence electrons. The van der Waals surface area contributed by atoms with Crippen molar-refractivity contribution in [3.63, 3.8) is 0 Å². The van der Waals surface area contributed by atoms with Crippen LogP contribution in [-0.2, 0) is 58.6 Å². The maximum absolute atomic E-state index is 13.6. The first-order valence-corrected chi connectivity index (χ1v) is 21.0. The van der Waals surface area contributed by atoms with E-state index in [4.69, 9.17) is 54.0 Å². The van der Waals surface area contributed by atoms with Crippen LogP contribution in [0.3, 0.4) is 0 Å². The molecule has 0 radical (unpaired) electrons. The van der Waals surface area contributed by atoms with Gasteiger partial charge in [0.15, 0.2) is 11.6 Å². The Morgan fingerprint density at radius 3 is 1.77 bits per heavy atom. The Morgan fingerprint density at radius 2 is 1.21 bits per heavy atom. The summed E-state index contributed by atoms with van der Waals surface area (Å²) in [5, 5.41) is -2.83. The monoisotopic (exact) mass is 732 g/mol. The van der Waals surface area contributed by atoms with E-state index in [1.54, 1.807) is 13.8 Å². The minimum atomic E-state index is -4.34. The fraction of sp³-hybridized carbons (Fsp3) is 1.00. The van der Waals surface area contributed by atoms with Crippen LogP contribution in [0.15, 0.2) is 0 Å². The van der Waals surface area contributed by atoms with Crippen LogP contribution in [0.25, 0.3) is 0 Å². The summed E-state index contributed by atoms with van der Waals surface area (Å²) in [5.41, 5.74) is -0.746. The highest BCUT2D eigenvalue weighted by Gasteiger charge is 2.50. The highest BCUT2D eigenvalue weighted by atomic mass is 32.5. The zero-order valence-electron chi connectivity index (χ0n) is 30.7. The van der Waals surface area contributed by atoms with E-state index in [9.17, 15) is 14.4 Å². The van der Waals surface area contributed by atoms with Crippen molar-refractivity contribution in [1.82, 2.24) is 0 Å². The molecular formula is C32H62O12P2S. The summed E-state index contributed by atoms with van der Waals surface area (Å²) in [6.45, 7) is 20.8. The van der Waals surface area contributed by atoms with Crippen molar-refractivity contribution >= 4 is 25.9 Å². The average molecular weight is 733 g/mol. The van der Waals surface area contributed by atoms with Gasteiger partial charge in [0.05, 0.1) is 61.5 Å². The van der Waals surface area contributed by atoms with Crippen LogP contribution in [0.2, 0.25) is 0 Å². The molecule has 11 atom stereocenters. The summed E-state index contributed by atoms with van der Waals surface area (Å²) in [5.74, 6) is -0.315. The highest BCUT2D eigenvalue weighted by Crippen LogP contribution is 2.59. The molecule has 0 amide bonds. The average Bonchev–Trinajstić information content (AvgIpc) is 3.53. The van der Waals surface area contributed by atoms with Crippen LogP contribution < -0.4 is 0 Å². The number of hydrogen-bond donors (Lipinski definition) is 2. The van der Waals surface area contributed by atoms with Crippen molar-refractivity contribution in [2.24, 2.45) is 5.92 Å². The highest BCUT2D eigenvalue weighted by molar-refractivity contribution is 8.10.